The molecule has 1 amide bonds. The molecule has 1 heterocycles. The highest BCUT2D eigenvalue weighted by Crippen LogP contribution is 2.31. The molecule has 3 rings (SSSR count). The maximum Gasteiger partial charge on any atom is 0.477 e. The predicted octanol–water partition coefficient (Wildman–Crippen LogP) is 3.31. The largest absolute Gasteiger partial charge is 0.485 e. The molecule has 0 fully saturated rings. The van der Waals surface area contributed by atoms with Gasteiger partial charge in [0.05, 0.1) is 6.07 Å². The van der Waals surface area contributed by atoms with Crippen molar-refractivity contribution in [3.8, 4) is 11.5 Å². The van der Waals surface area contributed by atoms with Crippen LogP contribution in [0, 0.1) is 0 Å². The van der Waals surface area contributed by atoms with Gasteiger partial charge in [-0.05, 0) is 11.1 Å². The van der Waals surface area contributed by atoms with Gasteiger partial charge in [-0.1, -0.05) is 60.7 Å². The summed E-state index contributed by atoms with van der Waals surface area (Å²) in [4.78, 5) is 30.4. The Kier molecular flexibility index (Phi) is 8.24. The molecule has 0 aliphatic heterocycles. The number of esters is 1. The zero-order valence-electron chi connectivity index (χ0n) is 18.9. The van der Waals surface area contributed by atoms with Crippen LogP contribution in [0.25, 0.3) is 0 Å². The van der Waals surface area contributed by atoms with E-state index in [0.717, 1.165) is 11.1 Å². The molecule has 8 nitrogen and oxygen atoms in total. The fourth-order valence-electron chi connectivity index (χ4n) is 2.83. The first kappa shape index (κ1) is 23.6. The summed E-state index contributed by atoms with van der Waals surface area (Å²) >= 11 is 0. The first-order valence-electron chi connectivity index (χ1n) is 10.4. The standard InChI is InChI=1S/C25H27N2O6/c1-19(28)30-18-22-24(32-17-21-12-8-5-9-13-21)23(31-16-20-10-6-4-7-11-20)14-15-27(22)33-25(29)26(2)3/h4-15H,16-18H2,1-3H3/q+1. The van der Waals surface area contributed by atoms with E-state index in [9.17, 15) is 9.59 Å². The van der Waals surface area contributed by atoms with Crippen molar-refractivity contribution >= 4 is 12.1 Å². The van der Waals surface area contributed by atoms with Gasteiger partial charge < -0.3 is 19.1 Å². The summed E-state index contributed by atoms with van der Waals surface area (Å²) in [5, 5.41) is 0. The average Bonchev–Trinajstić information content (AvgIpc) is 2.82. The van der Waals surface area contributed by atoms with E-state index in [4.69, 9.17) is 19.0 Å². The van der Waals surface area contributed by atoms with Crippen molar-refractivity contribution < 1.29 is 33.4 Å². The van der Waals surface area contributed by atoms with Gasteiger partial charge in [0.1, 0.15) is 13.2 Å². The molecule has 0 saturated heterocycles. The van der Waals surface area contributed by atoms with Gasteiger partial charge in [-0.3, -0.25) is 4.79 Å². The summed E-state index contributed by atoms with van der Waals surface area (Å²) in [7, 11) is 3.14. The van der Waals surface area contributed by atoms with Crippen LogP contribution in [0.15, 0.2) is 72.9 Å². The molecule has 2 aromatic carbocycles. The van der Waals surface area contributed by atoms with Crippen LogP contribution in [0.2, 0.25) is 0 Å². The summed E-state index contributed by atoms with van der Waals surface area (Å²) in [6.07, 6.45) is 0.923. The molecule has 8 heteroatoms. The van der Waals surface area contributed by atoms with Crippen LogP contribution >= 0.6 is 0 Å². The Morgan fingerprint density at radius 3 is 1.94 bits per heavy atom. The zero-order chi connectivity index (χ0) is 23.6. The van der Waals surface area contributed by atoms with E-state index in [-0.39, 0.29) is 13.2 Å². The van der Waals surface area contributed by atoms with E-state index in [0.29, 0.717) is 23.8 Å². The van der Waals surface area contributed by atoms with Crippen molar-refractivity contribution in [2.75, 3.05) is 14.1 Å². The highest BCUT2D eigenvalue weighted by molar-refractivity contribution is 5.66. The van der Waals surface area contributed by atoms with Crippen LogP contribution in [0.5, 0.6) is 11.5 Å². The molecule has 0 radical (unpaired) electrons. The normalized spacial score (nSPS) is 10.3. The molecular formula is C25H27N2O6+. The number of hydrogen-bond acceptors (Lipinski definition) is 6. The van der Waals surface area contributed by atoms with Crippen molar-refractivity contribution in [2.45, 2.75) is 26.7 Å². The van der Waals surface area contributed by atoms with Crippen LogP contribution in [0.3, 0.4) is 0 Å². The first-order valence-corrected chi connectivity index (χ1v) is 10.4. The SMILES string of the molecule is CC(=O)OCc1c(OCc2ccccc2)c(OCc2ccccc2)cc[n+]1OC(=O)N(C)C. The lowest BCUT2D eigenvalue weighted by Gasteiger charge is -2.15. The van der Waals surface area contributed by atoms with Gasteiger partial charge in [0.15, 0.2) is 12.4 Å². The number of ether oxygens (including phenoxy) is 3. The van der Waals surface area contributed by atoms with Crippen LogP contribution in [-0.2, 0) is 29.4 Å². The van der Waals surface area contributed by atoms with E-state index < -0.39 is 12.1 Å². The van der Waals surface area contributed by atoms with Gasteiger partial charge in [0.25, 0.3) is 0 Å². The fraction of sp³-hybridized carbons (Fsp3) is 0.240. The Morgan fingerprint density at radius 1 is 0.818 bits per heavy atom. The smallest absolute Gasteiger partial charge is 0.477 e. The summed E-state index contributed by atoms with van der Waals surface area (Å²) < 4.78 is 18.6. The Hall–Kier alpha value is -4.07. The maximum absolute atomic E-state index is 12.2. The molecule has 172 valence electrons. The van der Waals surface area contributed by atoms with Crippen molar-refractivity contribution in [1.29, 1.82) is 0 Å². The second kappa shape index (κ2) is 11.5. The molecule has 0 N–H and O–H groups in total. The Morgan fingerprint density at radius 2 is 1.39 bits per heavy atom. The predicted molar refractivity (Wildman–Crippen MR) is 119 cm³/mol. The van der Waals surface area contributed by atoms with Crippen LogP contribution < -0.4 is 19.0 Å². The number of carbonyl (C=O) groups is 2. The minimum atomic E-state index is -0.601. The second-order valence-corrected chi connectivity index (χ2v) is 7.36. The molecule has 3 aromatic rings. The van der Waals surface area contributed by atoms with Gasteiger partial charge >= 0.3 is 17.8 Å². The molecule has 0 saturated carbocycles. The zero-order valence-corrected chi connectivity index (χ0v) is 18.9. The highest BCUT2D eigenvalue weighted by atomic mass is 16.7. The number of aromatic nitrogens is 1. The van der Waals surface area contributed by atoms with Gasteiger partial charge in [-0.2, -0.15) is 4.84 Å². The number of amides is 1. The van der Waals surface area contributed by atoms with Gasteiger partial charge in [0.2, 0.25) is 11.9 Å². The van der Waals surface area contributed by atoms with E-state index in [2.05, 4.69) is 0 Å². The van der Waals surface area contributed by atoms with Crippen LogP contribution in [-0.4, -0.2) is 31.1 Å². The number of pyridine rings is 1. The van der Waals surface area contributed by atoms with Gasteiger partial charge in [-0.25, -0.2) is 4.79 Å². The van der Waals surface area contributed by atoms with Crippen LogP contribution in [0.4, 0.5) is 4.79 Å². The number of hydrogen-bond donors (Lipinski definition) is 0. The topological polar surface area (TPSA) is 78.2 Å². The van der Waals surface area contributed by atoms with Gasteiger partial charge in [-0.15, -0.1) is 0 Å². The number of carbonyl (C=O) groups excluding carboxylic acids is 2. The van der Waals surface area contributed by atoms with E-state index in [1.54, 1.807) is 20.2 Å². The Bertz CT molecular complexity index is 1070. The molecule has 0 unspecified atom stereocenters. The molecule has 0 bridgehead atoms. The maximum atomic E-state index is 12.2. The molecule has 0 aliphatic rings. The molecule has 0 spiro atoms. The summed E-state index contributed by atoms with van der Waals surface area (Å²) in [5.74, 6) is 0.254. The monoisotopic (exact) mass is 451 g/mol. The van der Waals surface area contributed by atoms with E-state index in [1.165, 1.54) is 22.8 Å². The van der Waals surface area contributed by atoms with Crippen molar-refractivity contribution in [3.63, 3.8) is 0 Å². The third-order valence-corrected chi connectivity index (χ3v) is 4.53. The van der Waals surface area contributed by atoms with Crippen molar-refractivity contribution in [3.05, 3.63) is 89.7 Å². The lowest BCUT2D eigenvalue weighted by molar-refractivity contribution is -0.875. The number of nitrogens with zero attached hydrogens (tertiary/aromatic N) is 2. The Labute approximate surface area is 192 Å². The quantitative estimate of drug-likeness (QED) is 0.367. The van der Waals surface area contributed by atoms with E-state index in [1.807, 2.05) is 60.7 Å². The number of rotatable bonds is 9. The summed E-state index contributed by atoms with van der Waals surface area (Å²) in [6.45, 7) is 1.66. The lowest BCUT2D eigenvalue weighted by Crippen LogP contribution is -2.52. The second-order valence-electron chi connectivity index (χ2n) is 7.36. The van der Waals surface area contributed by atoms with Gasteiger partial charge in [0, 0.05) is 25.7 Å². The third-order valence-electron chi connectivity index (χ3n) is 4.53. The van der Waals surface area contributed by atoms with Crippen molar-refractivity contribution in [1.82, 2.24) is 4.90 Å². The molecular weight excluding hydrogens is 424 g/mol. The summed E-state index contributed by atoms with van der Waals surface area (Å²) in [6, 6.07) is 20.9. The summed E-state index contributed by atoms with van der Waals surface area (Å²) in [5.41, 5.74) is 2.23. The average molecular weight is 451 g/mol. The Balaban J connectivity index is 1.97. The molecule has 0 atom stereocenters. The minimum Gasteiger partial charge on any atom is -0.485 e. The highest BCUT2D eigenvalue weighted by Gasteiger charge is 2.29. The molecule has 0 aliphatic carbocycles. The fourth-order valence-corrected chi connectivity index (χ4v) is 2.83. The minimum absolute atomic E-state index is 0.178. The molecule has 1 aromatic heterocycles. The van der Waals surface area contributed by atoms with E-state index >= 15 is 0 Å². The van der Waals surface area contributed by atoms with Crippen LogP contribution in [0.1, 0.15) is 23.7 Å². The first-order chi connectivity index (χ1) is 15.9. The van der Waals surface area contributed by atoms with Crippen molar-refractivity contribution in [2.24, 2.45) is 0 Å². The lowest BCUT2D eigenvalue weighted by atomic mass is 10.2. The molecule has 33 heavy (non-hydrogen) atoms. The number of benzene rings is 2. The third kappa shape index (κ3) is 6.96.